The molecule has 4 rings (SSSR count). The van der Waals surface area contributed by atoms with Crippen molar-refractivity contribution in [2.75, 3.05) is 28.0 Å². The monoisotopic (exact) mass is 579 g/mol. The second kappa shape index (κ2) is 11.8. The van der Waals surface area contributed by atoms with Crippen LogP contribution in [0.2, 0.25) is 0 Å². The number of anilines is 3. The lowest BCUT2D eigenvalue weighted by Gasteiger charge is -2.26. The quantitative estimate of drug-likeness (QED) is 0.274. The summed E-state index contributed by atoms with van der Waals surface area (Å²) in [5.41, 5.74) is 2.60. The van der Waals surface area contributed by atoms with Crippen LogP contribution in [0.3, 0.4) is 0 Å². The van der Waals surface area contributed by atoms with Crippen molar-refractivity contribution in [3.05, 3.63) is 108 Å². The second-order valence-electron chi connectivity index (χ2n) is 9.02. The molecule has 0 saturated heterocycles. The molecule has 4 aromatic carbocycles. The molecule has 0 radical (unpaired) electrons. The molecule has 40 heavy (non-hydrogen) atoms. The topological polar surface area (TPSA) is 122 Å². The maximum absolute atomic E-state index is 13.6. The molecule has 0 heterocycles. The molecule has 2 N–H and O–H groups in total. The SMILES string of the molecule is COc1ccc(NS(=O)(=O)c2ccc(NC(=O)CN(c3cc(C)ccc3C)S(=O)(=O)c3ccccc3)cc2)cc1. The molecule has 0 fully saturated rings. The largest absolute Gasteiger partial charge is 0.497 e. The van der Waals surface area contributed by atoms with Crippen LogP contribution in [0, 0.1) is 13.8 Å². The minimum absolute atomic E-state index is 0.00927. The van der Waals surface area contributed by atoms with Gasteiger partial charge in [-0.3, -0.25) is 13.8 Å². The van der Waals surface area contributed by atoms with Crippen LogP contribution in [0.5, 0.6) is 5.75 Å². The Morgan fingerprint density at radius 3 is 2.02 bits per heavy atom. The van der Waals surface area contributed by atoms with Crippen molar-refractivity contribution in [3.8, 4) is 5.75 Å². The van der Waals surface area contributed by atoms with Gasteiger partial charge in [0.1, 0.15) is 12.3 Å². The number of carbonyl (C=O) groups excluding carboxylic acids is 1. The first-order chi connectivity index (χ1) is 19.0. The van der Waals surface area contributed by atoms with E-state index in [0.29, 0.717) is 28.4 Å². The second-order valence-corrected chi connectivity index (χ2v) is 12.6. The molecule has 0 atom stereocenters. The molecule has 0 spiro atoms. The number of hydrogen-bond acceptors (Lipinski definition) is 6. The molecule has 208 valence electrons. The Morgan fingerprint density at radius 1 is 0.775 bits per heavy atom. The Hall–Kier alpha value is -4.35. The number of amides is 1. The first kappa shape index (κ1) is 28.7. The van der Waals surface area contributed by atoms with Crippen LogP contribution in [0.1, 0.15) is 11.1 Å². The Bertz CT molecular complexity index is 1710. The lowest BCUT2D eigenvalue weighted by molar-refractivity contribution is -0.114. The van der Waals surface area contributed by atoms with E-state index in [1.54, 1.807) is 61.5 Å². The van der Waals surface area contributed by atoms with Gasteiger partial charge in [0.05, 0.1) is 22.6 Å². The fraction of sp³-hybridized carbons (Fsp3) is 0.138. The molecule has 0 saturated carbocycles. The fourth-order valence-electron chi connectivity index (χ4n) is 3.93. The van der Waals surface area contributed by atoms with Crippen LogP contribution in [-0.2, 0) is 24.8 Å². The molecular formula is C29H29N3O6S2. The summed E-state index contributed by atoms with van der Waals surface area (Å²) < 4.78 is 61.4. The number of sulfonamides is 2. The van der Waals surface area contributed by atoms with Crippen LogP contribution in [-0.4, -0.2) is 36.4 Å². The minimum atomic E-state index is -4.06. The zero-order valence-corrected chi connectivity index (χ0v) is 23.8. The van der Waals surface area contributed by atoms with Gasteiger partial charge in [-0.1, -0.05) is 30.3 Å². The van der Waals surface area contributed by atoms with Gasteiger partial charge in [-0.05, 0) is 91.7 Å². The van der Waals surface area contributed by atoms with E-state index in [-0.39, 0.29) is 9.79 Å². The highest BCUT2D eigenvalue weighted by Crippen LogP contribution is 2.28. The van der Waals surface area contributed by atoms with Crippen molar-refractivity contribution in [1.82, 2.24) is 0 Å². The number of methoxy groups -OCH3 is 1. The number of nitrogens with one attached hydrogen (secondary N) is 2. The summed E-state index contributed by atoms with van der Waals surface area (Å²) in [7, 11) is -6.43. The van der Waals surface area contributed by atoms with E-state index in [1.165, 1.54) is 43.5 Å². The van der Waals surface area contributed by atoms with Gasteiger partial charge < -0.3 is 10.1 Å². The number of aryl methyl sites for hydroxylation is 2. The van der Waals surface area contributed by atoms with E-state index in [4.69, 9.17) is 4.74 Å². The van der Waals surface area contributed by atoms with Crippen LogP contribution < -0.4 is 19.1 Å². The standard InChI is InChI=1S/C29H29N3O6S2/c1-21-9-10-22(2)28(19-21)32(40(36,37)27-7-5-4-6-8-27)20-29(33)30-23-13-17-26(18-14-23)39(34,35)31-24-11-15-25(38-3)16-12-24/h4-19,31H,20H2,1-3H3,(H,30,33). The summed E-state index contributed by atoms with van der Waals surface area (Å²) in [6, 6.07) is 25.3. The van der Waals surface area contributed by atoms with Crippen molar-refractivity contribution < 1.29 is 26.4 Å². The molecule has 4 aromatic rings. The predicted molar refractivity (Wildman–Crippen MR) is 156 cm³/mol. The van der Waals surface area contributed by atoms with Gasteiger partial charge in [-0.25, -0.2) is 16.8 Å². The number of nitrogens with zero attached hydrogens (tertiary/aromatic N) is 1. The van der Waals surface area contributed by atoms with Gasteiger partial charge >= 0.3 is 0 Å². The zero-order valence-electron chi connectivity index (χ0n) is 22.2. The van der Waals surface area contributed by atoms with E-state index in [1.807, 2.05) is 13.0 Å². The number of carbonyl (C=O) groups is 1. The highest BCUT2D eigenvalue weighted by atomic mass is 32.2. The summed E-state index contributed by atoms with van der Waals surface area (Å²) in [4.78, 5) is 13.1. The van der Waals surface area contributed by atoms with Crippen LogP contribution in [0.25, 0.3) is 0 Å². The fourth-order valence-corrected chi connectivity index (χ4v) is 6.49. The molecule has 9 nitrogen and oxygen atoms in total. The summed E-state index contributed by atoms with van der Waals surface area (Å²) in [6.07, 6.45) is 0. The lowest BCUT2D eigenvalue weighted by atomic mass is 10.1. The predicted octanol–water partition coefficient (Wildman–Crippen LogP) is 4.95. The molecule has 1 amide bonds. The molecule has 0 aliphatic carbocycles. The third-order valence-electron chi connectivity index (χ3n) is 6.04. The first-order valence-corrected chi connectivity index (χ1v) is 15.1. The van der Waals surface area contributed by atoms with Crippen LogP contribution >= 0.6 is 0 Å². The maximum Gasteiger partial charge on any atom is 0.264 e. The van der Waals surface area contributed by atoms with Crippen molar-refractivity contribution in [2.24, 2.45) is 0 Å². The summed E-state index contributed by atoms with van der Waals surface area (Å²) in [5.74, 6) is 0.00288. The number of ether oxygens (including phenoxy) is 1. The Labute approximate surface area is 234 Å². The van der Waals surface area contributed by atoms with Crippen molar-refractivity contribution in [2.45, 2.75) is 23.6 Å². The van der Waals surface area contributed by atoms with Crippen molar-refractivity contribution in [3.63, 3.8) is 0 Å². The highest BCUT2D eigenvalue weighted by molar-refractivity contribution is 7.93. The van der Waals surface area contributed by atoms with Gasteiger partial charge in [-0.15, -0.1) is 0 Å². The van der Waals surface area contributed by atoms with Gasteiger partial charge in [0, 0.05) is 11.4 Å². The van der Waals surface area contributed by atoms with Gasteiger partial charge in [0.25, 0.3) is 20.0 Å². The number of hydrogen-bond donors (Lipinski definition) is 2. The number of benzene rings is 4. The maximum atomic E-state index is 13.6. The number of rotatable bonds is 10. The molecule has 0 aromatic heterocycles. The van der Waals surface area contributed by atoms with Gasteiger partial charge in [0.2, 0.25) is 5.91 Å². The zero-order chi connectivity index (χ0) is 28.9. The van der Waals surface area contributed by atoms with E-state index in [9.17, 15) is 21.6 Å². The smallest absolute Gasteiger partial charge is 0.264 e. The summed E-state index contributed by atoms with van der Waals surface area (Å²) in [6.45, 7) is 3.13. The van der Waals surface area contributed by atoms with E-state index >= 15 is 0 Å². The Balaban J connectivity index is 1.53. The first-order valence-electron chi connectivity index (χ1n) is 12.2. The summed E-state index contributed by atoms with van der Waals surface area (Å²) in [5, 5.41) is 2.67. The average Bonchev–Trinajstić information content (AvgIpc) is 2.94. The van der Waals surface area contributed by atoms with Crippen molar-refractivity contribution in [1.29, 1.82) is 0 Å². The van der Waals surface area contributed by atoms with Crippen LogP contribution in [0.15, 0.2) is 107 Å². The van der Waals surface area contributed by atoms with E-state index < -0.39 is 32.5 Å². The molecule has 11 heteroatoms. The summed E-state index contributed by atoms with van der Waals surface area (Å²) >= 11 is 0. The lowest BCUT2D eigenvalue weighted by Crippen LogP contribution is -2.38. The minimum Gasteiger partial charge on any atom is -0.497 e. The Kier molecular flexibility index (Phi) is 8.46. The van der Waals surface area contributed by atoms with E-state index in [2.05, 4.69) is 10.0 Å². The Morgan fingerprint density at radius 2 is 1.40 bits per heavy atom. The van der Waals surface area contributed by atoms with Crippen LogP contribution in [0.4, 0.5) is 17.1 Å². The average molecular weight is 580 g/mol. The van der Waals surface area contributed by atoms with Gasteiger partial charge in [-0.2, -0.15) is 0 Å². The van der Waals surface area contributed by atoms with E-state index in [0.717, 1.165) is 9.87 Å². The molecular weight excluding hydrogens is 550 g/mol. The molecule has 0 bridgehead atoms. The molecule has 0 aliphatic heterocycles. The molecule has 0 aliphatic rings. The highest BCUT2D eigenvalue weighted by Gasteiger charge is 2.28. The van der Waals surface area contributed by atoms with Gasteiger partial charge in [0.15, 0.2) is 0 Å². The third-order valence-corrected chi connectivity index (χ3v) is 9.21. The molecule has 0 unspecified atom stereocenters. The van der Waals surface area contributed by atoms with Crippen molar-refractivity contribution >= 4 is 43.0 Å². The third kappa shape index (κ3) is 6.61. The normalized spacial score (nSPS) is 11.5.